The molecule has 0 spiro atoms. The zero-order chi connectivity index (χ0) is 14.6. The van der Waals surface area contributed by atoms with Gasteiger partial charge in [0.05, 0.1) is 5.56 Å². The Labute approximate surface area is 105 Å². The highest BCUT2D eigenvalue weighted by atomic mass is 19.3. The topological polar surface area (TPSA) is 108 Å². The third kappa shape index (κ3) is 3.23. The van der Waals surface area contributed by atoms with E-state index in [1.807, 2.05) is 0 Å². The summed E-state index contributed by atoms with van der Waals surface area (Å²) in [6.07, 6.45) is -1.89. The lowest BCUT2D eigenvalue weighted by molar-refractivity contribution is -0.146. The van der Waals surface area contributed by atoms with Crippen LogP contribution >= 0.6 is 0 Å². The van der Waals surface area contributed by atoms with E-state index in [2.05, 4.69) is 4.74 Å². The number of ether oxygens (including phenoxy) is 1. The molecule has 1 atom stereocenters. The summed E-state index contributed by atoms with van der Waals surface area (Å²) in [4.78, 5) is 21.4. The number of aliphatic hydroxyl groups excluding tert-OH is 1. The molecule has 0 saturated carbocycles. The fourth-order valence-electron chi connectivity index (χ4n) is 1.37. The van der Waals surface area contributed by atoms with E-state index >= 15 is 0 Å². The van der Waals surface area contributed by atoms with E-state index in [0.29, 0.717) is 0 Å². The summed E-state index contributed by atoms with van der Waals surface area (Å²) in [7, 11) is 0. The van der Waals surface area contributed by atoms with Gasteiger partial charge in [0.1, 0.15) is 18.1 Å². The number of carbonyl (C=O) groups is 2. The normalized spacial score (nSPS) is 11.7. The maximum atomic E-state index is 12.1. The Morgan fingerprint density at radius 2 is 2.11 bits per heavy atom. The van der Waals surface area contributed by atoms with Gasteiger partial charge in [0.25, 0.3) is 0 Å². The van der Waals surface area contributed by atoms with Gasteiger partial charge in [-0.25, -0.2) is 4.79 Å². The van der Waals surface area contributed by atoms with Crippen LogP contribution < -0.4 is 4.74 Å². The molecule has 2 N–H and O–H groups in total. The number of hydrogen-bond acceptors (Lipinski definition) is 5. The van der Waals surface area contributed by atoms with Gasteiger partial charge >= 0.3 is 12.6 Å². The Bertz CT molecular complexity index is 553. The smallest absolute Gasteiger partial charge is 0.387 e. The number of aliphatic carboxylic acids is 1. The molecule has 0 amide bonds. The van der Waals surface area contributed by atoms with Gasteiger partial charge in [0.15, 0.2) is 6.10 Å². The number of halogens is 2. The number of alkyl halides is 2. The molecule has 1 unspecified atom stereocenters. The number of aldehydes is 1. The maximum absolute atomic E-state index is 12.1. The first-order valence-electron chi connectivity index (χ1n) is 4.79. The predicted molar refractivity (Wildman–Crippen MR) is 55.8 cm³/mol. The molecule has 0 aliphatic carbocycles. The summed E-state index contributed by atoms with van der Waals surface area (Å²) >= 11 is 0. The van der Waals surface area contributed by atoms with Crippen molar-refractivity contribution in [1.29, 1.82) is 5.26 Å². The Hall–Kier alpha value is -2.53. The lowest BCUT2D eigenvalue weighted by atomic mass is 10.00. The number of carbonyl (C=O) groups excluding carboxylic acids is 1. The molecule has 8 heteroatoms. The van der Waals surface area contributed by atoms with Gasteiger partial charge in [-0.3, -0.25) is 4.79 Å². The summed E-state index contributed by atoms with van der Waals surface area (Å²) in [5.74, 6) is -2.28. The lowest BCUT2D eigenvalue weighted by Crippen LogP contribution is -2.14. The van der Waals surface area contributed by atoms with E-state index in [0.717, 1.165) is 12.1 Å². The average molecular weight is 271 g/mol. The number of nitrogens with zero attached hydrogens (tertiary/aromatic N) is 1. The first-order valence-corrected chi connectivity index (χ1v) is 4.79. The molecule has 1 rings (SSSR count). The van der Waals surface area contributed by atoms with Crippen LogP contribution in [-0.4, -0.2) is 29.1 Å². The molecular formula is C11H7F2NO5. The molecule has 0 fully saturated rings. The summed E-state index contributed by atoms with van der Waals surface area (Å²) in [5, 5.41) is 26.7. The maximum Gasteiger partial charge on any atom is 0.387 e. The van der Waals surface area contributed by atoms with E-state index in [9.17, 15) is 23.5 Å². The fraction of sp³-hybridized carbons (Fsp3) is 0.182. The minimum atomic E-state index is -3.23. The van der Waals surface area contributed by atoms with Crippen LogP contribution in [0.2, 0.25) is 0 Å². The minimum Gasteiger partial charge on any atom is -0.479 e. The number of carboxylic acids is 1. The van der Waals surface area contributed by atoms with Gasteiger partial charge in [-0.15, -0.1) is 0 Å². The number of benzene rings is 1. The molecule has 1 aromatic carbocycles. The lowest BCUT2D eigenvalue weighted by Gasteiger charge is -2.13. The molecule has 0 radical (unpaired) electrons. The molecule has 0 saturated heterocycles. The highest BCUT2D eigenvalue weighted by molar-refractivity contribution is 5.84. The van der Waals surface area contributed by atoms with Gasteiger partial charge in [-0.2, -0.15) is 14.0 Å². The van der Waals surface area contributed by atoms with Crippen molar-refractivity contribution in [2.45, 2.75) is 12.7 Å². The number of hydrogen-bond donors (Lipinski definition) is 2. The highest BCUT2D eigenvalue weighted by Crippen LogP contribution is 2.28. The van der Waals surface area contributed by atoms with Gasteiger partial charge in [0.2, 0.25) is 0 Å². The van der Waals surface area contributed by atoms with Crippen LogP contribution in [0.3, 0.4) is 0 Å². The molecule has 19 heavy (non-hydrogen) atoms. The van der Waals surface area contributed by atoms with Gasteiger partial charge in [-0.05, 0) is 12.1 Å². The zero-order valence-electron chi connectivity index (χ0n) is 9.21. The van der Waals surface area contributed by atoms with Crippen LogP contribution in [0.1, 0.15) is 27.6 Å². The monoisotopic (exact) mass is 271 g/mol. The van der Waals surface area contributed by atoms with E-state index in [4.69, 9.17) is 10.4 Å². The van der Waals surface area contributed by atoms with Crippen LogP contribution in [0, 0.1) is 11.3 Å². The molecule has 0 aromatic heterocycles. The number of aliphatic hydroxyl groups is 1. The minimum absolute atomic E-state index is 0.203. The predicted octanol–water partition coefficient (Wildman–Crippen LogP) is 1.09. The molecule has 0 aliphatic heterocycles. The highest BCUT2D eigenvalue weighted by Gasteiger charge is 2.23. The second kappa shape index (κ2) is 5.88. The van der Waals surface area contributed by atoms with Crippen LogP contribution in [0.5, 0.6) is 5.75 Å². The van der Waals surface area contributed by atoms with E-state index in [-0.39, 0.29) is 17.4 Å². The van der Waals surface area contributed by atoms with Crippen LogP contribution in [0.25, 0.3) is 0 Å². The van der Waals surface area contributed by atoms with Crippen molar-refractivity contribution in [2.75, 3.05) is 0 Å². The standard InChI is InChI=1S/C11H7F2NO5/c12-11(13)19-8-2-7(9(16)10(17)18)6(4-15)1-5(8)3-14/h1-2,4,9,11,16H,(H,17,18). The van der Waals surface area contributed by atoms with Crippen LogP contribution in [-0.2, 0) is 4.79 Å². The van der Waals surface area contributed by atoms with Gasteiger partial charge < -0.3 is 14.9 Å². The third-order valence-corrected chi connectivity index (χ3v) is 2.18. The number of rotatable bonds is 5. The van der Waals surface area contributed by atoms with Crippen molar-refractivity contribution in [3.8, 4) is 11.8 Å². The molecule has 1 aromatic rings. The van der Waals surface area contributed by atoms with Crippen molar-refractivity contribution in [3.05, 3.63) is 28.8 Å². The molecule has 100 valence electrons. The Balaban J connectivity index is 3.42. The summed E-state index contributed by atoms with van der Waals surface area (Å²) < 4.78 is 28.3. The molecule has 6 nitrogen and oxygen atoms in total. The third-order valence-electron chi connectivity index (χ3n) is 2.18. The zero-order valence-corrected chi connectivity index (χ0v) is 9.21. The average Bonchev–Trinajstić information content (AvgIpc) is 2.36. The van der Waals surface area contributed by atoms with Crippen molar-refractivity contribution in [3.63, 3.8) is 0 Å². The van der Waals surface area contributed by atoms with Crippen molar-refractivity contribution in [1.82, 2.24) is 0 Å². The van der Waals surface area contributed by atoms with E-state index in [1.54, 1.807) is 0 Å². The molecule has 0 heterocycles. The SMILES string of the molecule is N#Cc1cc(C=O)c(C(O)C(=O)O)cc1OC(F)F. The Kier molecular flexibility index (Phi) is 4.50. The summed E-state index contributed by atoms with van der Waals surface area (Å²) in [6, 6.07) is 3.12. The van der Waals surface area contributed by atoms with Crippen LogP contribution in [0.15, 0.2) is 12.1 Å². The Morgan fingerprint density at radius 3 is 2.53 bits per heavy atom. The molecule has 0 aliphatic rings. The quantitative estimate of drug-likeness (QED) is 0.776. The van der Waals surface area contributed by atoms with E-state index < -0.39 is 30.0 Å². The van der Waals surface area contributed by atoms with Crippen molar-refractivity contribution < 1.29 is 33.3 Å². The van der Waals surface area contributed by atoms with Crippen LogP contribution in [0.4, 0.5) is 8.78 Å². The van der Waals surface area contributed by atoms with Gasteiger partial charge in [-0.1, -0.05) is 0 Å². The fourth-order valence-corrected chi connectivity index (χ4v) is 1.37. The summed E-state index contributed by atoms with van der Waals surface area (Å²) in [5.41, 5.74) is -1.10. The van der Waals surface area contributed by atoms with Crippen molar-refractivity contribution in [2.24, 2.45) is 0 Å². The number of carboxylic acid groups (broad SMARTS) is 1. The first kappa shape index (κ1) is 14.5. The number of nitriles is 1. The molecular weight excluding hydrogens is 264 g/mol. The van der Waals surface area contributed by atoms with E-state index in [1.165, 1.54) is 6.07 Å². The summed E-state index contributed by atoms with van der Waals surface area (Å²) in [6.45, 7) is -3.23. The Morgan fingerprint density at radius 1 is 1.47 bits per heavy atom. The largest absolute Gasteiger partial charge is 0.479 e. The first-order chi connectivity index (χ1) is 8.90. The second-order valence-corrected chi connectivity index (χ2v) is 3.33. The van der Waals surface area contributed by atoms with Gasteiger partial charge in [0, 0.05) is 11.1 Å². The second-order valence-electron chi connectivity index (χ2n) is 3.33. The van der Waals surface area contributed by atoms with Crippen molar-refractivity contribution >= 4 is 12.3 Å². The molecule has 0 bridgehead atoms.